The van der Waals surface area contributed by atoms with Crippen LogP contribution in [0.1, 0.15) is 48.0 Å². The minimum absolute atomic E-state index is 0.134. The first-order valence-corrected chi connectivity index (χ1v) is 8.60. The second kappa shape index (κ2) is 6.56. The van der Waals surface area contributed by atoms with E-state index >= 15 is 0 Å². The SMILES string of the molecule is CC(C)c1ncsc1C(=O)N1CCCC(Cn2ccnn2)C1. The van der Waals surface area contributed by atoms with E-state index < -0.39 is 0 Å². The summed E-state index contributed by atoms with van der Waals surface area (Å²) in [5.74, 6) is 0.852. The van der Waals surface area contributed by atoms with Gasteiger partial charge in [0, 0.05) is 25.8 Å². The highest BCUT2D eigenvalue weighted by molar-refractivity contribution is 7.11. The van der Waals surface area contributed by atoms with Crippen LogP contribution in [-0.2, 0) is 6.54 Å². The van der Waals surface area contributed by atoms with Crippen LogP contribution in [0, 0.1) is 5.92 Å². The summed E-state index contributed by atoms with van der Waals surface area (Å²) in [6, 6.07) is 0. The number of aromatic nitrogens is 4. The zero-order valence-electron chi connectivity index (χ0n) is 13.0. The van der Waals surface area contributed by atoms with Gasteiger partial charge in [-0.05, 0) is 24.7 Å². The first kappa shape index (κ1) is 15.1. The molecular formula is C15H21N5OS. The lowest BCUT2D eigenvalue weighted by molar-refractivity contribution is 0.0662. The summed E-state index contributed by atoms with van der Waals surface area (Å²) in [6.45, 7) is 6.60. The van der Waals surface area contributed by atoms with E-state index in [0.29, 0.717) is 5.92 Å². The van der Waals surface area contributed by atoms with Gasteiger partial charge in [-0.3, -0.25) is 9.48 Å². The standard InChI is InChI=1S/C15H21N5OS/c1-11(2)13-14(22-10-16-13)15(21)19-6-3-4-12(8-19)9-20-7-5-17-18-20/h5,7,10-12H,3-4,6,8-9H2,1-2H3. The lowest BCUT2D eigenvalue weighted by Crippen LogP contribution is -2.41. The minimum atomic E-state index is 0.134. The van der Waals surface area contributed by atoms with Gasteiger partial charge in [0.05, 0.1) is 17.4 Å². The van der Waals surface area contributed by atoms with E-state index in [0.717, 1.165) is 43.0 Å². The number of thiazole rings is 1. The summed E-state index contributed by atoms with van der Waals surface area (Å²) in [5.41, 5.74) is 2.70. The summed E-state index contributed by atoms with van der Waals surface area (Å²) in [6.07, 6.45) is 5.74. The van der Waals surface area contributed by atoms with Gasteiger partial charge in [0.2, 0.25) is 0 Å². The highest BCUT2D eigenvalue weighted by Crippen LogP contribution is 2.26. The van der Waals surface area contributed by atoms with Crippen molar-refractivity contribution in [1.29, 1.82) is 0 Å². The van der Waals surface area contributed by atoms with E-state index in [1.165, 1.54) is 11.3 Å². The quantitative estimate of drug-likeness (QED) is 0.868. The molecule has 1 atom stereocenters. The molecule has 0 radical (unpaired) electrons. The maximum Gasteiger partial charge on any atom is 0.265 e. The first-order valence-electron chi connectivity index (χ1n) is 7.72. The third-order valence-electron chi connectivity index (χ3n) is 4.06. The molecule has 0 bridgehead atoms. The number of carbonyl (C=O) groups is 1. The molecule has 3 rings (SSSR count). The Balaban J connectivity index is 1.68. The van der Waals surface area contributed by atoms with Gasteiger partial charge in [-0.25, -0.2) is 4.98 Å². The number of carbonyl (C=O) groups excluding carboxylic acids is 1. The molecule has 1 aliphatic heterocycles. The highest BCUT2D eigenvalue weighted by atomic mass is 32.1. The Morgan fingerprint density at radius 1 is 1.50 bits per heavy atom. The van der Waals surface area contributed by atoms with Crippen LogP contribution in [0.15, 0.2) is 17.9 Å². The monoisotopic (exact) mass is 319 g/mol. The van der Waals surface area contributed by atoms with Crippen LogP contribution in [0.3, 0.4) is 0 Å². The number of nitrogens with zero attached hydrogens (tertiary/aromatic N) is 5. The molecule has 1 aliphatic rings. The van der Waals surface area contributed by atoms with Crippen molar-refractivity contribution in [3.63, 3.8) is 0 Å². The van der Waals surface area contributed by atoms with Crippen molar-refractivity contribution in [2.75, 3.05) is 13.1 Å². The highest BCUT2D eigenvalue weighted by Gasteiger charge is 2.28. The predicted molar refractivity (Wildman–Crippen MR) is 84.9 cm³/mol. The molecule has 0 spiro atoms. The van der Waals surface area contributed by atoms with Crippen LogP contribution in [0.4, 0.5) is 0 Å². The van der Waals surface area contributed by atoms with E-state index in [1.807, 2.05) is 15.8 Å². The van der Waals surface area contributed by atoms with Gasteiger partial charge in [0.25, 0.3) is 5.91 Å². The predicted octanol–water partition coefficient (Wildman–Crippen LogP) is 2.41. The molecule has 1 unspecified atom stereocenters. The van der Waals surface area contributed by atoms with Gasteiger partial charge in [0.1, 0.15) is 4.88 Å². The van der Waals surface area contributed by atoms with Crippen molar-refractivity contribution in [2.24, 2.45) is 5.92 Å². The molecule has 0 aliphatic carbocycles. The third-order valence-corrected chi connectivity index (χ3v) is 4.89. The van der Waals surface area contributed by atoms with Crippen LogP contribution in [0.2, 0.25) is 0 Å². The average Bonchev–Trinajstić information content (AvgIpc) is 3.17. The lowest BCUT2D eigenvalue weighted by Gasteiger charge is -2.32. The van der Waals surface area contributed by atoms with E-state index in [9.17, 15) is 4.79 Å². The molecule has 2 aromatic heterocycles. The fraction of sp³-hybridized carbons (Fsp3) is 0.600. The van der Waals surface area contributed by atoms with Crippen molar-refractivity contribution >= 4 is 17.2 Å². The summed E-state index contributed by atoms with van der Waals surface area (Å²) in [7, 11) is 0. The molecule has 2 aromatic rings. The number of likely N-dealkylation sites (tertiary alicyclic amines) is 1. The van der Waals surface area contributed by atoms with Crippen molar-refractivity contribution in [2.45, 2.75) is 39.2 Å². The van der Waals surface area contributed by atoms with Crippen molar-refractivity contribution in [3.05, 3.63) is 28.5 Å². The minimum Gasteiger partial charge on any atom is -0.338 e. The number of piperidine rings is 1. The van der Waals surface area contributed by atoms with Crippen molar-refractivity contribution in [3.8, 4) is 0 Å². The number of rotatable bonds is 4. The Morgan fingerprint density at radius 3 is 3.09 bits per heavy atom. The number of hydrogen-bond donors (Lipinski definition) is 0. The summed E-state index contributed by atoms with van der Waals surface area (Å²) >= 11 is 1.46. The average molecular weight is 319 g/mol. The van der Waals surface area contributed by atoms with E-state index in [2.05, 4.69) is 29.1 Å². The molecule has 22 heavy (non-hydrogen) atoms. The zero-order valence-corrected chi connectivity index (χ0v) is 13.8. The van der Waals surface area contributed by atoms with Gasteiger partial charge >= 0.3 is 0 Å². The lowest BCUT2D eigenvalue weighted by atomic mass is 9.97. The van der Waals surface area contributed by atoms with Crippen LogP contribution in [0.25, 0.3) is 0 Å². The van der Waals surface area contributed by atoms with Crippen LogP contribution >= 0.6 is 11.3 Å². The topological polar surface area (TPSA) is 63.9 Å². The molecule has 118 valence electrons. The Labute approximate surface area is 134 Å². The molecule has 0 N–H and O–H groups in total. The summed E-state index contributed by atoms with van der Waals surface area (Å²) in [5, 5.41) is 7.86. The maximum atomic E-state index is 12.8. The zero-order chi connectivity index (χ0) is 15.5. The van der Waals surface area contributed by atoms with Gasteiger partial charge < -0.3 is 4.90 Å². The van der Waals surface area contributed by atoms with Crippen LogP contribution in [0.5, 0.6) is 0 Å². The third kappa shape index (κ3) is 3.19. The number of hydrogen-bond acceptors (Lipinski definition) is 5. The fourth-order valence-electron chi connectivity index (χ4n) is 2.96. The Morgan fingerprint density at radius 2 is 2.36 bits per heavy atom. The Bertz CT molecular complexity index is 622. The molecule has 6 nitrogen and oxygen atoms in total. The molecule has 0 aromatic carbocycles. The largest absolute Gasteiger partial charge is 0.338 e. The van der Waals surface area contributed by atoms with E-state index in [1.54, 1.807) is 11.7 Å². The van der Waals surface area contributed by atoms with E-state index in [-0.39, 0.29) is 11.8 Å². The van der Waals surface area contributed by atoms with Gasteiger partial charge in [0.15, 0.2) is 0 Å². The van der Waals surface area contributed by atoms with Crippen LogP contribution < -0.4 is 0 Å². The van der Waals surface area contributed by atoms with Gasteiger partial charge in [-0.15, -0.1) is 16.4 Å². The first-order chi connectivity index (χ1) is 10.6. The second-order valence-electron chi connectivity index (χ2n) is 6.11. The molecular weight excluding hydrogens is 298 g/mol. The number of amides is 1. The normalized spacial score (nSPS) is 18.9. The van der Waals surface area contributed by atoms with Gasteiger partial charge in [-0.1, -0.05) is 19.1 Å². The summed E-state index contributed by atoms with van der Waals surface area (Å²) < 4.78 is 1.85. The van der Waals surface area contributed by atoms with Gasteiger partial charge in [-0.2, -0.15) is 0 Å². The molecule has 7 heteroatoms. The van der Waals surface area contributed by atoms with E-state index in [4.69, 9.17) is 0 Å². The summed E-state index contributed by atoms with van der Waals surface area (Å²) in [4.78, 5) is 19.9. The maximum absolute atomic E-state index is 12.8. The molecule has 3 heterocycles. The molecule has 1 fully saturated rings. The van der Waals surface area contributed by atoms with Crippen molar-refractivity contribution in [1.82, 2.24) is 24.9 Å². The molecule has 1 saturated heterocycles. The van der Waals surface area contributed by atoms with Crippen molar-refractivity contribution < 1.29 is 4.79 Å². The van der Waals surface area contributed by atoms with Crippen LogP contribution in [-0.4, -0.2) is 43.9 Å². The smallest absolute Gasteiger partial charge is 0.265 e. The fourth-order valence-corrected chi connectivity index (χ4v) is 3.87. The Hall–Kier alpha value is -1.76. The molecule has 0 saturated carbocycles. The Kier molecular flexibility index (Phi) is 4.52. The molecule has 1 amide bonds. The second-order valence-corrected chi connectivity index (χ2v) is 6.96.